The lowest BCUT2D eigenvalue weighted by molar-refractivity contribution is -0.114. The molecule has 1 aliphatic carbocycles. The molecule has 0 aliphatic heterocycles. The summed E-state index contributed by atoms with van der Waals surface area (Å²) in [5.41, 5.74) is -0.522. The second-order valence-corrected chi connectivity index (χ2v) is 6.12. The first-order valence-electron chi connectivity index (χ1n) is 6.76. The van der Waals surface area contributed by atoms with Gasteiger partial charge in [0, 0.05) is 7.05 Å². The largest absolute Gasteiger partial charge is 0.444 e. The van der Waals surface area contributed by atoms with Crippen molar-refractivity contribution >= 4 is 12.4 Å². The first kappa shape index (κ1) is 15.0. The second kappa shape index (κ2) is 6.21. The number of aldehydes is 1. The topological polar surface area (TPSA) is 46.6 Å². The zero-order valence-electron chi connectivity index (χ0n) is 11.9. The van der Waals surface area contributed by atoms with E-state index in [2.05, 4.69) is 0 Å². The van der Waals surface area contributed by atoms with Gasteiger partial charge in [-0.2, -0.15) is 0 Å². The highest BCUT2D eigenvalue weighted by molar-refractivity contribution is 5.73. The molecular formula is C14H25NO3. The molecule has 0 saturated heterocycles. The molecular weight excluding hydrogens is 230 g/mol. The minimum Gasteiger partial charge on any atom is -0.444 e. The van der Waals surface area contributed by atoms with Crippen LogP contribution in [0.25, 0.3) is 0 Å². The molecule has 0 aromatic carbocycles. The Morgan fingerprint density at radius 3 is 2.28 bits per heavy atom. The molecule has 4 nitrogen and oxygen atoms in total. The number of hydrogen-bond acceptors (Lipinski definition) is 3. The van der Waals surface area contributed by atoms with Crippen LogP contribution in [0, 0.1) is 5.92 Å². The van der Waals surface area contributed by atoms with Crippen LogP contribution in [0.2, 0.25) is 0 Å². The maximum Gasteiger partial charge on any atom is 0.410 e. The summed E-state index contributed by atoms with van der Waals surface area (Å²) in [6, 6.07) is -0.347. The van der Waals surface area contributed by atoms with Gasteiger partial charge < -0.3 is 14.4 Å². The maximum atomic E-state index is 11.9. The number of rotatable bonds is 3. The molecule has 1 unspecified atom stereocenters. The lowest BCUT2D eigenvalue weighted by Gasteiger charge is -2.34. The third kappa shape index (κ3) is 4.31. The lowest BCUT2D eigenvalue weighted by Crippen LogP contribution is -2.45. The van der Waals surface area contributed by atoms with E-state index >= 15 is 0 Å². The first-order valence-corrected chi connectivity index (χ1v) is 6.76. The highest BCUT2D eigenvalue weighted by Crippen LogP contribution is 2.28. The summed E-state index contributed by atoms with van der Waals surface area (Å²) in [6.45, 7) is 5.49. The summed E-state index contributed by atoms with van der Waals surface area (Å²) in [6.07, 6.45) is 6.06. The van der Waals surface area contributed by atoms with Crippen molar-refractivity contribution in [1.29, 1.82) is 0 Å². The Morgan fingerprint density at radius 2 is 1.83 bits per heavy atom. The van der Waals surface area contributed by atoms with Gasteiger partial charge >= 0.3 is 6.09 Å². The van der Waals surface area contributed by atoms with Crippen molar-refractivity contribution in [3.05, 3.63) is 0 Å². The molecule has 1 amide bonds. The van der Waals surface area contributed by atoms with E-state index in [9.17, 15) is 9.59 Å². The van der Waals surface area contributed by atoms with Gasteiger partial charge in [-0.1, -0.05) is 19.3 Å². The predicted octanol–water partition coefficient (Wildman–Crippen LogP) is 3.00. The minimum atomic E-state index is -0.522. The van der Waals surface area contributed by atoms with E-state index in [4.69, 9.17) is 4.74 Å². The Balaban J connectivity index is 2.63. The van der Waals surface area contributed by atoms with Crippen LogP contribution in [0.5, 0.6) is 0 Å². The molecule has 0 heterocycles. The fraction of sp³-hybridized carbons (Fsp3) is 0.857. The normalized spacial score (nSPS) is 19.1. The Kier molecular flexibility index (Phi) is 5.17. The summed E-state index contributed by atoms with van der Waals surface area (Å²) in [5.74, 6) is 0.286. The van der Waals surface area contributed by atoms with Crippen molar-refractivity contribution in [2.75, 3.05) is 7.05 Å². The van der Waals surface area contributed by atoms with Gasteiger partial charge in [-0.3, -0.25) is 0 Å². The number of ether oxygens (including phenoxy) is 1. The Bertz CT molecular complexity index is 290. The molecule has 4 heteroatoms. The van der Waals surface area contributed by atoms with Crippen LogP contribution in [-0.2, 0) is 9.53 Å². The maximum absolute atomic E-state index is 11.9. The van der Waals surface area contributed by atoms with Gasteiger partial charge in [0.1, 0.15) is 11.9 Å². The summed E-state index contributed by atoms with van der Waals surface area (Å²) in [5, 5.41) is 0. The van der Waals surface area contributed by atoms with Crippen LogP contribution < -0.4 is 0 Å². The summed E-state index contributed by atoms with van der Waals surface area (Å²) >= 11 is 0. The van der Waals surface area contributed by atoms with E-state index in [1.54, 1.807) is 7.05 Å². The summed E-state index contributed by atoms with van der Waals surface area (Å²) in [4.78, 5) is 24.7. The van der Waals surface area contributed by atoms with E-state index in [-0.39, 0.29) is 12.0 Å². The van der Waals surface area contributed by atoms with Crippen LogP contribution in [0.4, 0.5) is 4.79 Å². The average molecular weight is 255 g/mol. The number of amides is 1. The number of carbonyl (C=O) groups is 2. The fourth-order valence-electron chi connectivity index (χ4n) is 2.45. The van der Waals surface area contributed by atoms with Gasteiger partial charge in [0.25, 0.3) is 0 Å². The Hall–Kier alpha value is -1.06. The van der Waals surface area contributed by atoms with Crippen LogP contribution in [0.15, 0.2) is 0 Å². The average Bonchev–Trinajstić information content (AvgIpc) is 2.29. The molecule has 0 N–H and O–H groups in total. The molecule has 0 radical (unpaired) electrons. The Labute approximate surface area is 110 Å². The second-order valence-electron chi connectivity index (χ2n) is 6.12. The quantitative estimate of drug-likeness (QED) is 0.728. The third-order valence-electron chi connectivity index (χ3n) is 3.40. The molecule has 0 spiro atoms. The third-order valence-corrected chi connectivity index (χ3v) is 3.40. The van der Waals surface area contributed by atoms with Crippen molar-refractivity contribution in [2.45, 2.75) is 64.5 Å². The Morgan fingerprint density at radius 1 is 1.28 bits per heavy atom. The number of carbonyl (C=O) groups excluding carboxylic acids is 2. The molecule has 1 atom stereocenters. The molecule has 0 bridgehead atoms. The first-order chi connectivity index (χ1) is 8.35. The molecule has 1 rings (SSSR count). The van der Waals surface area contributed by atoms with Crippen LogP contribution >= 0.6 is 0 Å². The molecule has 0 aromatic rings. The smallest absolute Gasteiger partial charge is 0.410 e. The van der Waals surface area contributed by atoms with Gasteiger partial charge in [-0.05, 0) is 39.5 Å². The van der Waals surface area contributed by atoms with E-state index in [0.717, 1.165) is 32.0 Å². The molecule has 1 saturated carbocycles. The predicted molar refractivity (Wildman–Crippen MR) is 70.4 cm³/mol. The van der Waals surface area contributed by atoms with Crippen molar-refractivity contribution < 1.29 is 14.3 Å². The molecule has 104 valence electrons. The molecule has 1 aliphatic rings. The van der Waals surface area contributed by atoms with Gasteiger partial charge in [-0.15, -0.1) is 0 Å². The summed E-state index contributed by atoms with van der Waals surface area (Å²) < 4.78 is 5.30. The zero-order valence-corrected chi connectivity index (χ0v) is 11.9. The van der Waals surface area contributed by atoms with Crippen molar-refractivity contribution in [3.63, 3.8) is 0 Å². The lowest BCUT2D eigenvalue weighted by atomic mass is 9.84. The highest BCUT2D eigenvalue weighted by Gasteiger charge is 2.31. The van der Waals surface area contributed by atoms with Crippen molar-refractivity contribution in [2.24, 2.45) is 5.92 Å². The van der Waals surface area contributed by atoms with Gasteiger partial charge in [-0.25, -0.2) is 4.79 Å². The number of hydrogen-bond donors (Lipinski definition) is 0. The van der Waals surface area contributed by atoms with Crippen LogP contribution in [0.3, 0.4) is 0 Å². The van der Waals surface area contributed by atoms with Gasteiger partial charge in [0.15, 0.2) is 0 Å². The van der Waals surface area contributed by atoms with Gasteiger partial charge in [0.2, 0.25) is 0 Å². The SMILES string of the molecule is CN(C(=O)OC(C)(C)C)C(C=O)C1CCCCC1. The minimum absolute atomic E-state index is 0.286. The van der Waals surface area contributed by atoms with Crippen molar-refractivity contribution in [1.82, 2.24) is 4.90 Å². The standard InChI is InChI=1S/C14H25NO3/c1-14(2,3)18-13(17)15(4)12(10-16)11-8-6-5-7-9-11/h10-12H,5-9H2,1-4H3. The van der Waals surface area contributed by atoms with E-state index in [1.807, 2.05) is 20.8 Å². The van der Waals surface area contributed by atoms with Crippen LogP contribution in [0.1, 0.15) is 52.9 Å². The van der Waals surface area contributed by atoms with E-state index in [1.165, 1.54) is 11.3 Å². The van der Waals surface area contributed by atoms with Crippen LogP contribution in [-0.4, -0.2) is 36.0 Å². The van der Waals surface area contributed by atoms with Crippen molar-refractivity contribution in [3.8, 4) is 0 Å². The van der Waals surface area contributed by atoms with Gasteiger partial charge in [0.05, 0.1) is 6.04 Å². The number of nitrogens with zero attached hydrogens (tertiary/aromatic N) is 1. The molecule has 1 fully saturated rings. The van der Waals surface area contributed by atoms with E-state index in [0.29, 0.717) is 0 Å². The highest BCUT2D eigenvalue weighted by atomic mass is 16.6. The van der Waals surface area contributed by atoms with E-state index < -0.39 is 11.7 Å². The monoisotopic (exact) mass is 255 g/mol. The zero-order chi connectivity index (χ0) is 13.8. The molecule has 18 heavy (non-hydrogen) atoms. The number of likely N-dealkylation sites (N-methyl/N-ethyl adjacent to an activating group) is 1. The molecule has 0 aromatic heterocycles. The fourth-order valence-corrected chi connectivity index (χ4v) is 2.45. The summed E-state index contributed by atoms with van der Waals surface area (Å²) in [7, 11) is 1.65.